The first-order valence-electron chi connectivity index (χ1n) is 7.07. The summed E-state index contributed by atoms with van der Waals surface area (Å²) in [5, 5.41) is 3.38. The topological polar surface area (TPSA) is 39.1 Å². The first-order valence-corrected chi connectivity index (χ1v) is 7.07. The SMILES string of the molecule is CCn1ccnc1CC(Cc1cccc(OC)c1)NC. The number of nitrogens with one attached hydrogen (secondary N) is 1. The number of hydrogen-bond acceptors (Lipinski definition) is 3. The lowest BCUT2D eigenvalue weighted by molar-refractivity contribution is 0.413. The number of hydrogen-bond donors (Lipinski definition) is 1. The molecule has 4 heteroatoms. The minimum absolute atomic E-state index is 0.370. The van der Waals surface area contributed by atoms with Crippen molar-refractivity contribution in [3.63, 3.8) is 0 Å². The Kier molecular flexibility index (Phi) is 5.18. The van der Waals surface area contributed by atoms with Crippen molar-refractivity contribution in [1.82, 2.24) is 14.9 Å². The van der Waals surface area contributed by atoms with Gasteiger partial charge in [-0.1, -0.05) is 12.1 Å². The van der Waals surface area contributed by atoms with Crippen molar-refractivity contribution in [2.75, 3.05) is 14.2 Å². The second-order valence-corrected chi connectivity index (χ2v) is 4.87. The molecule has 2 aromatic rings. The second-order valence-electron chi connectivity index (χ2n) is 4.87. The van der Waals surface area contributed by atoms with Crippen LogP contribution in [0.5, 0.6) is 5.75 Å². The van der Waals surface area contributed by atoms with Crippen molar-refractivity contribution in [3.05, 3.63) is 48.0 Å². The summed E-state index contributed by atoms with van der Waals surface area (Å²) in [6, 6.07) is 8.61. The Morgan fingerprint density at radius 3 is 2.90 bits per heavy atom. The smallest absolute Gasteiger partial charge is 0.119 e. The van der Waals surface area contributed by atoms with Crippen molar-refractivity contribution >= 4 is 0 Å². The van der Waals surface area contributed by atoms with Crippen molar-refractivity contribution in [3.8, 4) is 5.75 Å². The van der Waals surface area contributed by atoms with E-state index in [9.17, 15) is 0 Å². The highest BCUT2D eigenvalue weighted by atomic mass is 16.5. The van der Waals surface area contributed by atoms with Gasteiger partial charge in [0.25, 0.3) is 0 Å². The van der Waals surface area contributed by atoms with E-state index in [1.54, 1.807) is 7.11 Å². The number of methoxy groups -OCH3 is 1. The Bertz CT molecular complexity index is 536. The largest absolute Gasteiger partial charge is 0.497 e. The van der Waals surface area contributed by atoms with Crippen LogP contribution in [0.25, 0.3) is 0 Å². The number of imidazole rings is 1. The average Bonchev–Trinajstić information content (AvgIpc) is 2.94. The van der Waals surface area contributed by atoms with Crippen LogP contribution in [-0.4, -0.2) is 29.8 Å². The molecule has 1 heterocycles. The molecule has 20 heavy (non-hydrogen) atoms. The summed E-state index contributed by atoms with van der Waals surface area (Å²) in [6.45, 7) is 3.10. The summed E-state index contributed by atoms with van der Waals surface area (Å²) in [7, 11) is 3.71. The molecule has 0 saturated carbocycles. The van der Waals surface area contributed by atoms with E-state index >= 15 is 0 Å². The molecule has 0 spiro atoms. The molecule has 4 nitrogen and oxygen atoms in total. The predicted molar refractivity (Wildman–Crippen MR) is 81.2 cm³/mol. The number of ether oxygens (including phenoxy) is 1. The van der Waals surface area contributed by atoms with E-state index in [0.29, 0.717) is 6.04 Å². The normalized spacial score (nSPS) is 12.3. The summed E-state index contributed by atoms with van der Waals surface area (Å²) in [4.78, 5) is 4.45. The predicted octanol–water partition coefficient (Wildman–Crippen LogP) is 2.28. The highest BCUT2D eigenvalue weighted by Crippen LogP contribution is 2.15. The molecule has 1 atom stereocenters. The van der Waals surface area contributed by atoms with Gasteiger partial charge in [0.1, 0.15) is 11.6 Å². The fourth-order valence-corrected chi connectivity index (χ4v) is 2.40. The van der Waals surface area contributed by atoms with Crippen molar-refractivity contribution in [1.29, 1.82) is 0 Å². The molecule has 1 N–H and O–H groups in total. The highest BCUT2D eigenvalue weighted by molar-refractivity contribution is 5.29. The molecule has 0 saturated heterocycles. The van der Waals surface area contributed by atoms with Crippen molar-refractivity contribution < 1.29 is 4.74 Å². The van der Waals surface area contributed by atoms with Gasteiger partial charge in [0.2, 0.25) is 0 Å². The summed E-state index contributed by atoms with van der Waals surface area (Å²) < 4.78 is 7.47. The molecular weight excluding hydrogens is 250 g/mol. The molecule has 0 aliphatic heterocycles. The fourth-order valence-electron chi connectivity index (χ4n) is 2.40. The van der Waals surface area contributed by atoms with Gasteiger partial charge in [0, 0.05) is 31.4 Å². The molecular formula is C16H23N3O. The number of aromatic nitrogens is 2. The van der Waals surface area contributed by atoms with E-state index in [1.165, 1.54) is 5.56 Å². The van der Waals surface area contributed by atoms with E-state index in [0.717, 1.165) is 31.0 Å². The third-order valence-corrected chi connectivity index (χ3v) is 3.60. The Morgan fingerprint density at radius 1 is 1.35 bits per heavy atom. The van der Waals surface area contributed by atoms with Gasteiger partial charge in [-0.3, -0.25) is 0 Å². The monoisotopic (exact) mass is 273 g/mol. The Balaban J connectivity index is 2.05. The number of rotatable bonds is 7. The Morgan fingerprint density at radius 2 is 2.20 bits per heavy atom. The van der Waals surface area contributed by atoms with Crippen LogP contribution in [0.2, 0.25) is 0 Å². The maximum atomic E-state index is 5.28. The van der Waals surface area contributed by atoms with Gasteiger partial charge in [-0.25, -0.2) is 4.98 Å². The fraction of sp³-hybridized carbons (Fsp3) is 0.438. The summed E-state index contributed by atoms with van der Waals surface area (Å²) in [5.41, 5.74) is 1.28. The molecule has 0 radical (unpaired) electrons. The summed E-state index contributed by atoms with van der Waals surface area (Å²) in [6.07, 6.45) is 5.80. The standard InChI is InChI=1S/C16H23N3O/c1-4-19-9-8-18-16(19)12-14(17-2)10-13-6-5-7-15(11-13)20-3/h5-9,11,14,17H,4,10,12H2,1-3H3. The second kappa shape index (κ2) is 7.10. The number of nitrogens with zero attached hydrogens (tertiary/aromatic N) is 2. The van der Waals surface area contributed by atoms with Gasteiger partial charge in [0.05, 0.1) is 7.11 Å². The third-order valence-electron chi connectivity index (χ3n) is 3.60. The molecule has 0 amide bonds. The Labute approximate surface area is 120 Å². The molecule has 1 aromatic heterocycles. The van der Waals surface area contributed by atoms with Gasteiger partial charge < -0.3 is 14.6 Å². The molecule has 0 aliphatic carbocycles. The zero-order valence-corrected chi connectivity index (χ0v) is 12.5. The van der Waals surface area contributed by atoms with E-state index in [-0.39, 0.29) is 0 Å². The molecule has 0 bridgehead atoms. The minimum atomic E-state index is 0.370. The Hall–Kier alpha value is -1.81. The molecule has 1 aromatic carbocycles. The van der Waals surface area contributed by atoms with Crippen LogP contribution < -0.4 is 10.1 Å². The first-order chi connectivity index (χ1) is 9.76. The highest BCUT2D eigenvalue weighted by Gasteiger charge is 2.12. The quantitative estimate of drug-likeness (QED) is 0.841. The zero-order valence-electron chi connectivity index (χ0n) is 12.5. The molecule has 108 valence electrons. The van der Waals surface area contributed by atoms with Gasteiger partial charge in [-0.15, -0.1) is 0 Å². The lowest BCUT2D eigenvalue weighted by Crippen LogP contribution is -2.31. The van der Waals surface area contributed by atoms with Gasteiger partial charge in [-0.2, -0.15) is 0 Å². The van der Waals surface area contributed by atoms with E-state index in [1.807, 2.05) is 31.6 Å². The van der Waals surface area contributed by atoms with E-state index < -0.39 is 0 Å². The first kappa shape index (κ1) is 14.6. The number of aryl methyl sites for hydroxylation is 1. The lowest BCUT2D eigenvalue weighted by Gasteiger charge is -2.17. The van der Waals surface area contributed by atoms with Crippen molar-refractivity contribution in [2.45, 2.75) is 32.4 Å². The van der Waals surface area contributed by atoms with Gasteiger partial charge in [-0.05, 0) is 38.1 Å². The molecule has 2 rings (SSSR count). The van der Waals surface area contributed by atoms with Crippen LogP contribution in [0, 0.1) is 0 Å². The third kappa shape index (κ3) is 3.61. The maximum absolute atomic E-state index is 5.28. The average molecular weight is 273 g/mol. The molecule has 0 aliphatic rings. The van der Waals surface area contributed by atoms with E-state index in [2.05, 4.69) is 33.9 Å². The lowest BCUT2D eigenvalue weighted by atomic mass is 10.0. The van der Waals surface area contributed by atoms with Crippen LogP contribution in [0.4, 0.5) is 0 Å². The maximum Gasteiger partial charge on any atom is 0.119 e. The van der Waals surface area contributed by atoms with Gasteiger partial charge >= 0.3 is 0 Å². The minimum Gasteiger partial charge on any atom is -0.497 e. The number of benzene rings is 1. The van der Waals surface area contributed by atoms with Gasteiger partial charge in [0.15, 0.2) is 0 Å². The van der Waals surface area contributed by atoms with Crippen LogP contribution >= 0.6 is 0 Å². The van der Waals surface area contributed by atoms with E-state index in [4.69, 9.17) is 4.74 Å². The summed E-state index contributed by atoms with van der Waals surface area (Å²) >= 11 is 0. The van der Waals surface area contributed by atoms with Crippen LogP contribution in [0.1, 0.15) is 18.3 Å². The molecule has 1 unspecified atom stereocenters. The zero-order chi connectivity index (χ0) is 14.4. The van der Waals surface area contributed by atoms with Crippen LogP contribution in [0.3, 0.4) is 0 Å². The molecule has 0 fully saturated rings. The number of likely N-dealkylation sites (N-methyl/N-ethyl adjacent to an activating group) is 1. The van der Waals surface area contributed by atoms with Crippen LogP contribution in [-0.2, 0) is 19.4 Å². The summed E-state index contributed by atoms with van der Waals surface area (Å²) in [5.74, 6) is 2.04. The van der Waals surface area contributed by atoms with Crippen molar-refractivity contribution in [2.24, 2.45) is 0 Å². The van der Waals surface area contributed by atoms with Crippen LogP contribution in [0.15, 0.2) is 36.7 Å².